The van der Waals surface area contributed by atoms with Crippen molar-refractivity contribution in [3.05, 3.63) is 81.5 Å². The zero-order chi connectivity index (χ0) is 22.0. The number of rotatable bonds is 7. The molecular formula is C22H16F2N2O3S2. The molecule has 31 heavy (non-hydrogen) atoms. The Hall–Kier alpha value is -3.04. The number of carbonyl (C=O) groups excluding carboxylic acids is 1. The van der Waals surface area contributed by atoms with Gasteiger partial charge in [-0.25, -0.2) is 4.98 Å². The van der Waals surface area contributed by atoms with Crippen molar-refractivity contribution in [1.82, 2.24) is 9.55 Å². The Kier molecular flexibility index (Phi) is 6.15. The van der Waals surface area contributed by atoms with E-state index in [-0.39, 0.29) is 22.6 Å². The first-order valence-corrected chi connectivity index (χ1v) is 11.1. The minimum atomic E-state index is -3.03. The Morgan fingerprint density at radius 2 is 1.97 bits per heavy atom. The summed E-state index contributed by atoms with van der Waals surface area (Å²) >= 11 is 2.41. The van der Waals surface area contributed by atoms with Gasteiger partial charge in [0.05, 0.1) is 22.4 Å². The number of fused-ring (bicyclic) bond motifs is 1. The molecule has 0 fully saturated rings. The summed E-state index contributed by atoms with van der Waals surface area (Å²) in [5, 5.41) is 2.63. The molecule has 0 aliphatic carbocycles. The molecule has 0 amide bonds. The molecule has 0 bridgehead atoms. The first kappa shape index (κ1) is 21.2. The van der Waals surface area contributed by atoms with Gasteiger partial charge < -0.3 is 4.74 Å². The summed E-state index contributed by atoms with van der Waals surface area (Å²) in [7, 11) is 0. The van der Waals surface area contributed by atoms with Crippen molar-refractivity contribution >= 4 is 39.1 Å². The first-order valence-electron chi connectivity index (χ1n) is 9.21. The van der Waals surface area contributed by atoms with Gasteiger partial charge in [-0.15, -0.1) is 11.3 Å². The maximum Gasteiger partial charge on any atom is 0.387 e. The minimum absolute atomic E-state index is 0.0682. The third-order valence-corrected chi connectivity index (χ3v) is 6.21. The van der Waals surface area contributed by atoms with Crippen LogP contribution in [0.3, 0.4) is 0 Å². The molecule has 0 atom stereocenters. The number of Topliss-reactive ketones (excluding diaryl/α,β-unsaturated/α-hetero) is 1. The van der Waals surface area contributed by atoms with Crippen molar-refractivity contribution in [2.24, 2.45) is 0 Å². The number of carbonyl (C=O) groups is 1. The Labute approximate surface area is 184 Å². The van der Waals surface area contributed by atoms with Gasteiger partial charge in [-0.3, -0.25) is 14.2 Å². The highest BCUT2D eigenvalue weighted by Crippen LogP contribution is 2.27. The lowest BCUT2D eigenvalue weighted by molar-refractivity contribution is -0.0501. The monoisotopic (exact) mass is 458 g/mol. The van der Waals surface area contributed by atoms with Gasteiger partial charge in [0.1, 0.15) is 10.6 Å². The zero-order valence-electron chi connectivity index (χ0n) is 16.2. The van der Waals surface area contributed by atoms with Gasteiger partial charge in [0, 0.05) is 0 Å². The number of ether oxygens (including phenoxy) is 1. The topological polar surface area (TPSA) is 61.2 Å². The van der Waals surface area contributed by atoms with Crippen LogP contribution in [-0.2, 0) is 0 Å². The lowest BCUT2D eigenvalue weighted by Gasteiger charge is -2.13. The molecule has 5 nitrogen and oxygen atoms in total. The highest BCUT2D eigenvalue weighted by Gasteiger charge is 2.19. The quantitative estimate of drug-likeness (QED) is 0.213. The molecule has 0 aliphatic heterocycles. The first-order chi connectivity index (χ1) is 14.9. The van der Waals surface area contributed by atoms with Gasteiger partial charge >= 0.3 is 6.61 Å². The number of aryl methyl sites for hydroxylation is 1. The molecule has 4 rings (SSSR count). The largest absolute Gasteiger partial charge is 0.434 e. The average molecular weight is 459 g/mol. The van der Waals surface area contributed by atoms with Crippen LogP contribution in [0.4, 0.5) is 8.78 Å². The van der Waals surface area contributed by atoms with Crippen molar-refractivity contribution in [1.29, 1.82) is 0 Å². The van der Waals surface area contributed by atoms with Crippen LogP contribution in [-0.4, -0.2) is 27.7 Å². The molecule has 0 spiro atoms. The highest BCUT2D eigenvalue weighted by molar-refractivity contribution is 7.99. The van der Waals surface area contributed by atoms with E-state index in [1.165, 1.54) is 28.0 Å². The van der Waals surface area contributed by atoms with E-state index in [4.69, 9.17) is 0 Å². The molecule has 4 aromatic rings. The molecule has 0 aliphatic rings. The summed E-state index contributed by atoms with van der Waals surface area (Å²) < 4.78 is 31.4. The highest BCUT2D eigenvalue weighted by atomic mass is 32.2. The van der Waals surface area contributed by atoms with E-state index in [0.29, 0.717) is 21.1 Å². The van der Waals surface area contributed by atoms with Crippen LogP contribution in [0.25, 0.3) is 15.9 Å². The molecule has 2 heterocycles. The fourth-order valence-electron chi connectivity index (χ4n) is 3.06. The number of thioether (sulfide) groups is 1. The summed E-state index contributed by atoms with van der Waals surface area (Å²) in [5.74, 6) is -0.669. The maximum absolute atomic E-state index is 13.1. The number of hydrogen-bond donors (Lipinski definition) is 0. The van der Waals surface area contributed by atoms with E-state index < -0.39 is 12.4 Å². The number of thiophene rings is 1. The fourth-order valence-corrected chi connectivity index (χ4v) is 4.77. The van der Waals surface area contributed by atoms with E-state index in [9.17, 15) is 18.4 Å². The third kappa shape index (κ3) is 4.52. The summed E-state index contributed by atoms with van der Waals surface area (Å²) in [6.07, 6.45) is 0. The SMILES string of the molecule is Cc1ccc(OC(F)F)c(C(=O)CSc2nc3sccc3c(=O)n2-c2ccccc2)c1. The van der Waals surface area contributed by atoms with Gasteiger partial charge in [0.15, 0.2) is 10.9 Å². The van der Waals surface area contributed by atoms with Gasteiger partial charge in [0.2, 0.25) is 0 Å². The van der Waals surface area contributed by atoms with Crippen LogP contribution < -0.4 is 10.3 Å². The molecule has 0 radical (unpaired) electrons. The Morgan fingerprint density at radius 1 is 1.19 bits per heavy atom. The Balaban J connectivity index is 1.69. The zero-order valence-corrected chi connectivity index (χ0v) is 17.9. The number of aromatic nitrogens is 2. The van der Waals surface area contributed by atoms with E-state index in [2.05, 4.69) is 9.72 Å². The molecule has 0 saturated heterocycles. The van der Waals surface area contributed by atoms with Crippen LogP contribution in [0.2, 0.25) is 0 Å². The van der Waals surface area contributed by atoms with Gasteiger partial charge in [0.25, 0.3) is 5.56 Å². The number of para-hydroxylation sites is 1. The van der Waals surface area contributed by atoms with Crippen molar-refractivity contribution in [3.8, 4) is 11.4 Å². The molecule has 158 valence electrons. The molecule has 0 saturated carbocycles. The summed E-state index contributed by atoms with van der Waals surface area (Å²) in [4.78, 5) is 31.1. The number of halogens is 2. The fraction of sp³-hybridized carbons (Fsp3) is 0.136. The standard InChI is InChI=1S/C22H16F2N2O3S2/c1-13-7-8-18(29-21(23)24)16(11-13)17(27)12-31-22-25-19-15(9-10-30-19)20(28)26(22)14-5-3-2-4-6-14/h2-11,21H,12H2,1H3. The van der Waals surface area contributed by atoms with Gasteiger partial charge in [-0.1, -0.05) is 41.6 Å². The van der Waals surface area contributed by atoms with Crippen molar-refractivity contribution < 1.29 is 18.3 Å². The number of nitrogens with zero attached hydrogens (tertiary/aromatic N) is 2. The van der Waals surface area contributed by atoms with E-state index in [1.807, 2.05) is 6.07 Å². The lowest BCUT2D eigenvalue weighted by atomic mass is 10.1. The predicted molar refractivity (Wildman–Crippen MR) is 118 cm³/mol. The number of alkyl halides is 2. The second kappa shape index (κ2) is 8.99. The second-order valence-electron chi connectivity index (χ2n) is 6.60. The van der Waals surface area contributed by atoms with Crippen LogP contribution in [0.1, 0.15) is 15.9 Å². The molecule has 2 aromatic heterocycles. The molecule has 0 N–H and O–H groups in total. The van der Waals surface area contributed by atoms with E-state index in [1.54, 1.807) is 48.7 Å². The van der Waals surface area contributed by atoms with Crippen molar-refractivity contribution in [2.75, 3.05) is 5.75 Å². The Morgan fingerprint density at radius 3 is 2.71 bits per heavy atom. The summed E-state index contributed by atoms with van der Waals surface area (Å²) in [6, 6.07) is 15.2. The van der Waals surface area contributed by atoms with Gasteiger partial charge in [-0.05, 0) is 42.6 Å². The predicted octanol–water partition coefficient (Wildman–Crippen LogP) is 5.33. The summed E-state index contributed by atoms with van der Waals surface area (Å²) in [5.41, 5.74) is 1.21. The summed E-state index contributed by atoms with van der Waals surface area (Å²) in [6.45, 7) is -1.27. The molecule has 0 unspecified atom stereocenters. The second-order valence-corrected chi connectivity index (χ2v) is 8.44. The van der Waals surface area contributed by atoms with Crippen LogP contribution >= 0.6 is 23.1 Å². The lowest BCUT2D eigenvalue weighted by Crippen LogP contribution is -2.21. The van der Waals surface area contributed by atoms with Gasteiger partial charge in [-0.2, -0.15) is 8.78 Å². The van der Waals surface area contributed by atoms with Crippen molar-refractivity contribution in [2.45, 2.75) is 18.7 Å². The minimum Gasteiger partial charge on any atom is -0.434 e. The van der Waals surface area contributed by atoms with Crippen LogP contribution in [0, 0.1) is 6.92 Å². The van der Waals surface area contributed by atoms with Crippen LogP contribution in [0.15, 0.2) is 69.9 Å². The number of hydrogen-bond acceptors (Lipinski definition) is 6. The smallest absolute Gasteiger partial charge is 0.387 e. The van der Waals surface area contributed by atoms with E-state index in [0.717, 1.165) is 17.3 Å². The molecule has 9 heteroatoms. The third-order valence-electron chi connectivity index (χ3n) is 4.47. The maximum atomic E-state index is 13.1. The molecule has 2 aromatic carbocycles. The molecular weight excluding hydrogens is 442 g/mol. The van der Waals surface area contributed by atoms with Crippen LogP contribution in [0.5, 0.6) is 5.75 Å². The van der Waals surface area contributed by atoms with Crippen molar-refractivity contribution in [3.63, 3.8) is 0 Å². The number of ketones is 1. The van der Waals surface area contributed by atoms with E-state index >= 15 is 0 Å². The normalized spacial score (nSPS) is 11.2. The number of benzene rings is 2. The Bertz CT molecular complexity index is 1300. The average Bonchev–Trinajstić information content (AvgIpc) is 3.22.